The van der Waals surface area contributed by atoms with E-state index in [4.69, 9.17) is 4.74 Å². The van der Waals surface area contributed by atoms with Crippen molar-refractivity contribution in [1.82, 2.24) is 5.32 Å². The third-order valence-electron chi connectivity index (χ3n) is 3.65. The van der Waals surface area contributed by atoms with Crippen LogP contribution in [0, 0.1) is 16.0 Å². The van der Waals surface area contributed by atoms with Gasteiger partial charge in [-0.2, -0.15) is 0 Å². The average molecular weight is 280 g/mol. The summed E-state index contributed by atoms with van der Waals surface area (Å²) in [7, 11) is 1.53. The summed E-state index contributed by atoms with van der Waals surface area (Å²) in [4.78, 5) is 10.6. The van der Waals surface area contributed by atoms with Crippen LogP contribution in [0.4, 0.5) is 5.69 Å². The Balaban J connectivity index is 2.94. The van der Waals surface area contributed by atoms with Gasteiger partial charge >= 0.3 is 0 Å². The molecular formula is C15H24N2O3. The quantitative estimate of drug-likeness (QED) is 0.587. The number of hydrogen-bond donors (Lipinski definition) is 1. The van der Waals surface area contributed by atoms with Gasteiger partial charge in [0.05, 0.1) is 18.1 Å². The van der Waals surface area contributed by atoms with Crippen molar-refractivity contribution in [2.24, 2.45) is 5.92 Å². The predicted molar refractivity (Wildman–Crippen MR) is 80.3 cm³/mol. The summed E-state index contributed by atoms with van der Waals surface area (Å²) < 4.78 is 5.15. The van der Waals surface area contributed by atoms with E-state index < -0.39 is 0 Å². The molecule has 0 aromatic heterocycles. The summed E-state index contributed by atoms with van der Waals surface area (Å²) in [6.07, 6.45) is 1.84. The minimum atomic E-state index is -0.374. The molecule has 1 aromatic rings. The highest BCUT2D eigenvalue weighted by Crippen LogP contribution is 2.25. The van der Waals surface area contributed by atoms with Crippen molar-refractivity contribution in [1.29, 1.82) is 0 Å². The van der Waals surface area contributed by atoms with Crippen LogP contribution in [0.1, 0.15) is 32.8 Å². The van der Waals surface area contributed by atoms with Crippen LogP contribution in [0.15, 0.2) is 18.2 Å². The van der Waals surface area contributed by atoms with Crippen molar-refractivity contribution in [3.63, 3.8) is 0 Å². The number of nitrogens with zero attached hydrogens (tertiary/aromatic N) is 1. The molecule has 5 nitrogen and oxygen atoms in total. The zero-order valence-electron chi connectivity index (χ0n) is 12.7. The number of benzene rings is 1. The van der Waals surface area contributed by atoms with Crippen molar-refractivity contribution in [2.75, 3.05) is 13.7 Å². The topological polar surface area (TPSA) is 64.4 Å². The number of nitro benzene ring substituents is 1. The molecule has 0 aliphatic heterocycles. The van der Waals surface area contributed by atoms with Crippen molar-refractivity contribution in [3.05, 3.63) is 33.9 Å². The lowest BCUT2D eigenvalue weighted by atomic mass is 9.90. The van der Waals surface area contributed by atoms with Gasteiger partial charge in [-0.05, 0) is 37.4 Å². The Hall–Kier alpha value is -1.62. The summed E-state index contributed by atoms with van der Waals surface area (Å²) >= 11 is 0. The molecule has 0 radical (unpaired) electrons. The molecule has 0 saturated carbocycles. The summed E-state index contributed by atoms with van der Waals surface area (Å²) in [5.41, 5.74) is 1.04. The van der Waals surface area contributed by atoms with E-state index >= 15 is 0 Å². The first-order valence-electron chi connectivity index (χ1n) is 7.07. The average Bonchev–Trinajstić information content (AvgIpc) is 2.44. The van der Waals surface area contributed by atoms with Gasteiger partial charge in [-0.1, -0.05) is 20.3 Å². The fourth-order valence-electron chi connectivity index (χ4n) is 2.45. The Bertz CT molecular complexity index is 449. The number of hydrogen-bond acceptors (Lipinski definition) is 4. The van der Waals surface area contributed by atoms with Gasteiger partial charge in [0.25, 0.3) is 5.69 Å². The highest BCUT2D eigenvalue weighted by molar-refractivity contribution is 5.43. The Kier molecular flexibility index (Phi) is 6.45. The van der Waals surface area contributed by atoms with Crippen LogP contribution in [0.5, 0.6) is 5.75 Å². The van der Waals surface area contributed by atoms with Gasteiger partial charge in [0.2, 0.25) is 0 Å². The van der Waals surface area contributed by atoms with Gasteiger partial charge in [0, 0.05) is 12.1 Å². The minimum absolute atomic E-state index is 0.0882. The first-order valence-corrected chi connectivity index (χ1v) is 7.07. The standard InChI is InChI=1S/C15H24N2O3/c1-5-13(11(3)16-6-2)7-12-8-14(17(18)19)10-15(9-12)20-4/h8-11,13,16H,5-7H2,1-4H3. The maximum absolute atomic E-state index is 11.0. The molecule has 20 heavy (non-hydrogen) atoms. The SMILES string of the molecule is CCNC(C)C(CC)Cc1cc(OC)cc([N+](=O)[O-])c1. The van der Waals surface area contributed by atoms with E-state index in [0.717, 1.165) is 24.9 Å². The lowest BCUT2D eigenvalue weighted by molar-refractivity contribution is -0.385. The summed E-state index contributed by atoms with van der Waals surface area (Å²) in [5, 5.41) is 14.4. The monoisotopic (exact) mass is 280 g/mol. The van der Waals surface area contributed by atoms with Gasteiger partial charge in [0.1, 0.15) is 5.75 Å². The smallest absolute Gasteiger partial charge is 0.273 e. The zero-order valence-corrected chi connectivity index (χ0v) is 12.7. The molecular weight excluding hydrogens is 256 g/mol. The summed E-state index contributed by atoms with van der Waals surface area (Å²) in [6, 6.07) is 5.37. The Morgan fingerprint density at radius 1 is 1.35 bits per heavy atom. The highest BCUT2D eigenvalue weighted by Gasteiger charge is 2.17. The van der Waals surface area contributed by atoms with Gasteiger partial charge in [-0.15, -0.1) is 0 Å². The van der Waals surface area contributed by atoms with Gasteiger partial charge in [-0.25, -0.2) is 0 Å². The molecule has 2 atom stereocenters. The molecule has 5 heteroatoms. The molecule has 0 saturated heterocycles. The second-order valence-corrected chi connectivity index (χ2v) is 5.02. The molecule has 1 N–H and O–H groups in total. The second kappa shape index (κ2) is 7.85. The van der Waals surface area contributed by atoms with E-state index in [-0.39, 0.29) is 10.6 Å². The fourth-order valence-corrected chi connectivity index (χ4v) is 2.45. The van der Waals surface area contributed by atoms with Crippen molar-refractivity contribution < 1.29 is 9.66 Å². The number of rotatable bonds is 8. The molecule has 1 aromatic carbocycles. The largest absolute Gasteiger partial charge is 0.496 e. The van der Waals surface area contributed by atoms with Gasteiger partial charge in [0.15, 0.2) is 0 Å². The van der Waals surface area contributed by atoms with E-state index in [1.165, 1.54) is 13.2 Å². The molecule has 0 bridgehead atoms. The Labute approximate surface area is 120 Å². The van der Waals surface area contributed by atoms with E-state index in [1.54, 1.807) is 6.07 Å². The number of nitro groups is 1. The number of ether oxygens (including phenoxy) is 1. The maximum atomic E-state index is 11.0. The third kappa shape index (κ3) is 4.49. The Morgan fingerprint density at radius 3 is 2.55 bits per heavy atom. The normalized spacial score (nSPS) is 13.8. The molecule has 0 aliphatic carbocycles. The molecule has 112 valence electrons. The van der Waals surface area contributed by atoms with Crippen LogP contribution < -0.4 is 10.1 Å². The number of non-ortho nitro benzene ring substituents is 1. The number of methoxy groups -OCH3 is 1. The zero-order chi connectivity index (χ0) is 15.1. The third-order valence-corrected chi connectivity index (χ3v) is 3.65. The summed E-state index contributed by atoms with van der Waals surface area (Å²) in [5.74, 6) is 0.988. The molecule has 2 unspecified atom stereocenters. The minimum Gasteiger partial charge on any atom is -0.496 e. The van der Waals surface area contributed by atoms with Crippen LogP contribution in [0.2, 0.25) is 0 Å². The van der Waals surface area contributed by atoms with E-state index in [2.05, 4.69) is 26.1 Å². The molecule has 0 aliphatic rings. The van der Waals surface area contributed by atoms with Crippen LogP contribution in [0.25, 0.3) is 0 Å². The predicted octanol–water partition coefficient (Wildman–Crippen LogP) is 3.17. The fraction of sp³-hybridized carbons (Fsp3) is 0.600. The first kappa shape index (κ1) is 16.4. The lowest BCUT2D eigenvalue weighted by Gasteiger charge is -2.23. The van der Waals surface area contributed by atoms with Crippen LogP contribution in [-0.2, 0) is 6.42 Å². The lowest BCUT2D eigenvalue weighted by Crippen LogP contribution is -2.34. The van der Waals surface area contributed by atoms with E-state index in [0.29, 0.717) is 17.7 Å². The summed E-state index contributed by atoms with van der Waals surface area (Å²) in [6.45, 7) is 7.31. The van der Waals surface area contributed by atoms with E-state index in [1.807, 2.05) is 6.07 Å². The van der Waals surface area contributed by atoms with Gasteiger partial charge < -0.3 is 10.1 Å². The highest BCUT2D eigenvalue weighted by atomic mass is 16.6. The van der Waals surface area contributed by atoms with E-state index in [9.17, 15) is 10.1 Å². The first-order chi connectivity index (χ1) is 9.51. The van der Waals surface area contributed by atoms with Crippen LogP contribution in [0.3, 0.4) is 0 Å². The molecule has 1 rings (SSSR count). The van der Waals surface area contributed by atoms with Crippen LogP contribution >= 0.6 is 0 Å². The van der Waals surface area contributed by atoms with Crippen molar-refractivity contribution in [2.45, 2.75) is 39.7 Å². The number of nitrogens with one attached hydrogen (secondary N) is 1. The van der Waals surface area contributed by atoms with Crippen molar-refractivity contribution in [3.8, 4) is 5.75 Å². The Morgan fingerprint density at radius 2 is 2.05 bits per heavy atom. The molecule has 0 fully saturated rings. The maximum Gasteiger partial charge on any atom is 0.273 e. The second-order valence-electron chi connectivity index (χ2n) is 5.02. The van der Waals surface area contributed by atoms with Crippen LogP contribution in [-0.4, -0.2) is 24.6 Å². The molecule has 0 heterocycles. The molecule has 0 amide bonds. The van der Waals surface area contributed by atoms with Gasteiger partial charge in [-0.3, -0.25) is 10.1 Å². The van der Waals surface area contributed by atoms with Crippen molar-refractivity contribution >= 4 is 5.69 Å². The molecule has 0 spiro atoms.